The third-order valence-electron chi connectivity index (χ3n) is 4.02. The van der Waals surface area contributed by atoms with E-state index >= 15 is 0 Å². The van der Waals surface area contributed by atoms with Crippen LogP contribution in [0.5, 0.6) is 5.75 Å². The lowest BCUT2D eigenvalue weighted by Gasteiger charge is -2.19. The average Bonchev–Trinajstić information content (AvgIpc) is 2.63. The molecule has 0 saturated carbocycles. The second-order valence-electron chi connectivity index (χ2n) is 5.83. The van der Waals surface area contributed by atoms with Gasteiger partial charge >= 0.3 is 0 Å². The Labute approximate surface area is 159 Å². The number of carbonyl (C=O) groups excluding carboxylic acids is 1. The maximum absolute atomic E-state index is 13.5. The van der Waals surface area contributed by atoms with Gasteiger partial charge in [-0.1, -0.05) is 32.0 Å². The molecule has 0 aliphatic carbocycles. The molecule has 0 aliphatic heterocycles. The van der Waals surface area contributed by atoms with Crippen molar-refractivity contribution in [3.05, 3.63) is 53.8 Å². The molecule has 0 aliphatic rings. The number of rotatable bonds is 8. The molecule has 27 heavy (non-hydrogen) atoms. The maximum Gasteiger partial charge on any atom is 0.262 e. The highest BCUT2D eigenvalue weighted by Crippen LogP contribution is 2.23. The quantitative estimate of drug-likeness (QED) is 0.746. The maximum atomic E-state index is 13.5. The van der Waals surface area contributed by atoms with Gasteiger partial charge in [0.25, 0.3) is 5.91 Å². The fourth-order valence-electron chi connectivity index (χ4n) is 2.50. The molecule has 1 N–H and O–H groups in total. The molecule has 2 aromatic carbocycles. The number of amides is 1. The van der Waals surface area contributed by atoms with E-state index in [1.165, 1.54) is 34.6 Å². The smallest absolute Gasteiger partial charge is 0.262 e. The van der Waals surface area contributed by atoms with E-state index < -0.39 is 28.4 Å². The molecule has 0 heterocycles. The number of nitrogens with one attached hydrogen (secondary N) is 1. The number of ether oxygens (including phenoxy) is 1. The second kappa shape index (κ2) is 8.96. The fourth-order valence-corrected chi connectivity index (χ4v) is 3.98. The number of halogens is 1. The van der Waals surface area contributed by atoms with E-state index in [9.17, 15) is 17.6 Å². The molecule has 8 heteroatoms. The van der Waals surface area contributed by atoms with E-state index in [1.54, 1.807) is 32.9 Å². The molecule has 0 aromatic heterocycles. The summed E-state index contributed by atoms with van der Waals surface area (Å²) >= 11 is 0. The Balaban J connectivity index is 2.14. The van der Waals surface area contributed by atoms with Crippen molar-refractivity contribution in [3.63, 3.8) is 0 Å². The zero-order valence-corrected chi connectivity index (χ0v) is 16.3. The first-order valence-electron chi connectivity index (χ1n) is 8.57. The molecule has 0 unspecified atom stereocenters. The highest BCUT2D eigenvalue weighted by Gasteiger charge is 2.22. The molecule has 2 aromatic rings. The largest absolute Gasteiger partial charge is 0.481 e. The first-order valence-corrected chi connectivity index (χ1v) is 10.0. The van der Waals surface area contributed by atoms with Gasteiger partial charge in [0, 0.05) is 18.8 Å². The van der Waals surface area contributed by atoms with Crippen molar-refractivity contribution < 1.29 is 22.3 Å². The monoisotopic (exact) mass is 394 g/mol. The number of hydrogen-bond donors (Lipinski definition) is 1. The van der Waals surface area contributed by atoms with Crippen LogP contribution in [-0.4, -0.2) is 38.3 Å². The molecule has 1 amide bonds. The van der Waals surface area contributed by atoms with Gasteiger partial charge < -0.3 is 10.1 Å². The molecule has 0 spiro atoms. The van der Waals surface area contributed by atoms with E-state index in [1.807, 2.05) is 0 Å². The van der Waals surface area contributed by atoms with Crippen LogP contribution >= 0.6 is 0 Å². The normalized spacial score (nSPS) is 11.4. The van der Waals surface area contributed by atoms with Crippen LogP contribution in [0.2, 0.25) is 0 Å². The highest BCUT2D eigenvalue weighted by molar-refractivity contribution is 7.89. The summed E-state index contributed by atoms with van der Waals surface area (Å²) < 4.78 is 45.3. The lowest BCUT2D eigenvalue weighted by molar-refractivity contribution is -0.118. The minimum absolute atomic E-state index is 0.0257. The zero-order chi connectivity index (χ0) is 20.0. The molecule has 0 radical (unpaired) electrons. The Bertz CT molecular complexity index is 912. The molecule has 146 valence electrons. The Kier molecular flexibility index (Phi) is 6.92. The van der Waals surface area contributed by atoms with Gasteiger partial charge in [0.2, 0.25) is 10.0 Å². The summed E-state index contributed by atoms with van der Waals surface area (Å²) in [6.45, 7) is 5.58. The van der Waals surface area contributed by atoms with Gasteiger partial charge in [0.05, 0.1) is 4.90 Å². The van der Waals surface area contributed by atoms with E-state index in [2.05, 4.69) is 5.32 Å². The number of para-hydroxylation sites is 1. The summed E-state index contributed by atoms with van der Waals surface area (Å²) in [5.41, 5.74) is 1.07. The minimum Gasteiger partial charge on any atom is -0.481 e. The summed E-state index contributed by atoms with van der Waals surface area (Å²) in [4.78, 5) is 12.2. The lowest BCUT2D eigenvalue weighted by atomic mass is 10.2. The molecule has 0 fully saturated rings. The highest BCUT2D eigenvalue weighted by atomic mass is 32.2. The summed E-state index contributed by atoms with van der Waals surface area (Å²) in [6.07, 6.45) is 0. The van der Waals surface area contributed by atoms with E-state index in [0.717, 1.165) is 0 Å². The number of carbonyl (C=O) groups is 1. The van der Waals surface area contributed by atoms with Crippen molar-refractivity contribution >= 4 is 21.6 Å². The second-order valence-corrected chi connectivity index (χ2v) is 7.77. The first-order chi connectivity index (χ1) is 12.8. The van der Waals surface area contributed by atoms with Crippen molar-refractivity contribution in [2.24, 2.45) is 0 Å². The Morgan fingerprint density at radius 3 is 2.44 bits per heavy atom. The summed E-state index contributed by atoms with van der Waals surface area (Å²) in [7, 11) is -3.64. The fraction of sp³-hybridized carbons (Fsp3) is 0.316. The zero-order valence-electron chi connectivity index (χ0n) is 15.5. The van der Waals surface area contributed by atoms with Crippen molar-refractivity contribution in [1.29, 1.82) is 0 Å². The summed E-state index contributed by atoms with van der Waals surface area (Å²) in [5, 5.41) is 2.62. The van der Waals surface area contributed by atoms with Crippen LogP contribution in [0.4, 0.5) is 10.1 Å². The van der Waals surface area contributed by atoms with Crippen LogP contribution in [0.3, 0.4) is 0 Å². The Morgan fingerprint density at radius 2 is 1.81 bits per heavy atom. The molecular weight excluding hydrogens is 371 g/mol. The van der Waals surface area contributed by atoms with Gasteiger partial charge in [-0.2, -0.15) is 4.31 Å². The lowest BCUT2D eigenvalue weighted by Crippen LogP contribution is -2.30. The van der Waals surface area contributed by atoms with Crippen LogP contribution in [0.1, 0.15) is 19.4 Å². The van der Waals surface area contributed by atoms with Crippen molar-refractivity contribution in [2.45, 2.75) is 25.7 Å². The molecule has 0 atom stereocenters. The van der Waals surface area contributed by atoms with Crippen molar-refractivity contribution in [2.75, 3.05) is 25.0 Å². The van der Waals surface area contributed by atoms with Gasteiger partial charge in [0.15, 0.2) is 18.2 Å². The van der Waals surface area contributed by atoms with Crippen molar-refractivity contribution in [1.82, 2.24) is 4.31 Å². The predicted molar refractivity (Wildman–Crippen MR) is 102 cm³/mol. The number of nitrogens with zero attached hydrogens (tertiary/aromatic N) is 1. The summed E-state index contributed by atoms with van der Waals surface area (Å²) in [5.74, 6) is -1.10. The van der Waals surface area contributed by atoms with Crippen LogP contribution < -0.4 is 10.1 Å². The third kappa shape index (κ3) is 5.05. The summed E-state index contributed by atoms with van der Waals surface area (Å²) in [6, 6.07) is 10.3. The Morgan fingerprint density at radius 1 is 1.15 bits per heavy atom. The van der Waals surface area contributed by atoms with Crippen LogP contribution in [0.15, 0.2) is 47.4 Å². The first kappa shape index (κ1) is 20.9. The molecule has 0 saturated heterocycles. The SMILES string of the molecule is CCN(CC)S(=O)(=O)c1ccc(C)c(NC(=O)COc2ccccc2F)c1. The minimum atomic E-state index is -3.64. The number of sulfonamides is 1. The standard InChI is InChI=1S/C19H23FN2O4S/c1-4-22(5-2)27(24,25)15-11-10-14(3)17(12-15)21-19(23)13-26-18-9-7-6-8-16(18)20/h6-12H,4-5,13H2,1-3H3,(H,21,23). The van der Waals surface area contributed by atoms with E-state index in [-0.39, 0.29) is 10.6 Å². The van der Waals surface area contributed by atoms with E-state index in [4.69, 9.17) is 4.74 Å². The van der Waals surface area contributed by atoms with Crippen LogP contribution in [-0.2, 0) is 14.8 Å². The topological polar surface area (TPSA) is 75.7 Å². The van der Waals surface area contributed by atoms with Gasteiger partial charge in [-0.05, 0) is 36.8 Å². The molecule has 0 bridgehead atoms. The third-order valence-corrected chi connectivity index (χ3v) is 6.07. The molecule has 2 rings (SSSR count). The Hall–Kier alpha value is -2.45. The number of anilines is 1. The van der Waals surface area contributed by atoms with Gasteiger partial charge in [-0.15, -0.1) is 0 Å². The van der Waals surface area contributed by atoms with Gasteiger partial charge in [-0.25, -0.2) is 12.8 Å². The van der Waals surface area contributed by atoms with E-state index in [0.29, 0.717) is 24.3 Å². The van der Waals surface area contributed by atoms with Crippen LogP contribution in [0, 0.1) is 12.7 Å². The average molecular weight is 394 g/mol. The van der Waals surface area contributed by atoms with Gasteiger partial charge in [-0.3, -0.25) is 4.79 Å². The number of hydrogen-bond acceptors (Lipinski definition) is 4. The van der Waals surface area contributed by atoms with Crippen LogP contribution in [0.25, 0.3) is 0 Å². The van der Waals surface area contributed by atoms with Gasteiger partial charge in [0.1, 0.15) is 0 Å². The predicted octanol–water partition coefficient (Wildman–Crippen LogP) is 3.18. The number of aryl methyl sites for hydroxylation is 1. The number of benzene rings is 2. The molecule has 6 nitrogen and oxygen atoms in total. The molecular formula is C19H23FN2O4S. The van der Waals surface area contributed by atoms with Crippen molar-refractivity contribution in [3.8, 4) is 5.75 Å².